The Morgan fingerprint density at radius 2 is 2.07 bits per heavy atom. The number of fused-ring (bicyclic) bond motifs is 1. The number of nitrogens with zero attached hydrogens (tertiary/aromatic N) is 1. The number of hydrogen-bond acceptors (Lipinski definition) is 6. The highest BCUT2D eigenvalue weighted by atomic mass is 32.1. The number of benzene rings is 1. The highest BCUT2D eigenvalue weighted by Crippen LogP contribution is 2.38. The third kappa shape index (κ3) is 4.06. The van der Waals surface area contributed by atoms with Crippen molar-refractivity contribution in [3.63, 3.8) is 0 Å². The smallest absolute Gasteiger partial charge is 0.341 e. The van der Waals surface area contributed by atoms with Gasteiger partial charge in [0.2, 0.25) is 0 Å². The molecule has 0 fully saturated rings. The maximum atomic E-state index is 13.3. The molecule has 142 valence electrons. The number of thiocarbonyl (C=S) groups is 1. The molecule has 0 amide bonds. The van der Waals surface area contributed by atoms with Gasteiger partial charge in [-0.15, -0.1) is 11.3 Å². The Morgan fingerprint density at radius 1 is 1.33 bits per heavy atom. The fourth-order valence-electron chi connectivity index (χ4n) is 2.99. The average Bonchev–Trinajstić information content (AvgIpc) is 3.00. The quantitative estimate of drug-likeness (QED) is 0.337. The summed E-state index contributed by atoms with van der Waals surface area (Å²) in [7, 11) is 1.32. The summed E-state index contributed by atoms with van der Waals surface area (Å²) in [5, 5.41) is 17.3. The number of aryl methyl sites for hydroxylation is 1. The predicted octanol–water partition coefficient (Wildman–Crippen LogP) is 4.27. The van der Waals surface area contributed by atoms with Crippen LogP contribution in [0.4, 0.5) is 20.8 Å². The second-order valence-electron chi connectivity index (χ2n) is 5.90. The number of rotatable bonds is 4. The van der Waals surface area contributed by atoms with Gasteiger partial charge in [-0.25, -0.2) is 9.18 Å². The molecule has 0 saturated carbocycles. The summed E-state index contributed by atoms with van der Waals surface area (Å²) in [6.45, 7) is 0. The van der Waals surface area contributed by atoms with E-state index >= 15 is 0 Å². The van der Waals surface area contributed by atoms with Gasteiger partial charge in [-0.05, 0) is 55.6 Å². The van der Waals surface area contributed by atoms with Gasteiger partial charge >= 0.3 is 5.97 Å². The zero-order valence-corrected chi connectivity index (χ0v) is 16.0. The number of nitrogens with one attached hydrogen (secondary N) is 2. The van der Waals surface area contributed by atoms with E-state index in [9.17, 15) is 19.3 Å². The molecular weight excluding hydrogens is 393 g/mol. The third-order valence-corrected chi connectivity index (χ3v) is 5.60. The molecule has 1 aromatic heterocycles. The standard InChI is InChI=1S/C17H16FN3O4S2/c1-25-16(22)14-10-4-2-3-5-13(10)27-15(14)20-17(26)19-11-7-6-9(18)8-12(11)21(23)24/h6-8H,2-5H2,1H3,(H2,19,20,26). The van der Waals surface area contributed by atoms with Crippen LogP contribution in [0.25, 0.3) is 0 Å². The van der Waals surface area contributed by atoms with Crippen molar-refractivity contribution in [3.05, 3.63) is 50.1 Å². The molecule has 1 heterocycles. The molecule has 3 rings (SSSR count). The molecule has 0 atom stereocenters. The molecule has 2 aromatic rings. The van der Waals surface area contributed by atoms with Gasteiger partial charge in [0.15, 0.2) is 5.11 Å². The van der Waals surface area contributed by atoms with E-state index in [-0.39, 0.29) is 10.8 Å². The Morgan fingerprint density at radius 3 is 2.78 bits per heavy atom. The molecule has 1 aromatic carbocycles. The van der Waals surface area contributed by atoms with Gasteiger partial charge in [0.25, 0.3) is 5.69 Å². The van der Waals surface area contributed by atoms with E-state index in [1.54, 1.807) is 0 Å². The average molecular weight is 409 g/mol. The number of methoxy groups -OCH3 is 1. The monoisotopic (exact) mass is 409 g/mol. The minimum absolute atomic E-state index is 0.0554. The molecule has 0 bridgehead atoms. The first-order valence-electron chi connectivity index (χ1n) is 8.15. The number of nitro groups is 1. The van der Waals surface area contributed by atoms with Crippen molar-refractivity contribution in [2.24, 2.45) is 0 Å². The summed E-state index contributed by atoms with van der Waals surface area (Å²) in [6, 6.07) is 3.15. The summed E-state index contributed by atoms with van der Waals surface area (Å²) in [6.07, 6.45) is 3.73. The number of esters is 1. The summed E-state index contributed by atoms with van der Waals surface area (Å²) in [5.74, 6) is -1.17. The van der Waals surface area contributed by atoms with Crippen molar-refractivity contribution in [3.8, 4) is 0 Å². The first-order valence-corrected chi connectivity index (χ1v) is 9.38. The van der Waals surface area contributed by atoms with Crippen molar-refractivity contribution in [2.45, 2.75) is 25.7 Å². The van der Waals surface area contributed by atoms with E-state index in [0.29, 0.717) is 10.6 Å². The van der Waals surface area contributed by atoms with E-state index in [1.807, 2.05) is 0 Å². The molecule has 0 spiro atoms. The number of ether oxygens (including phenoxy) is 1. The summed E-state index contributed by atoms with van der Waals surface area (Å²) in [4.78, 5) is 23.8. The Balaban J connectivity index is 1.86. The normalized spacial score (nSPS) is 12.8. The lowest BCUT2D eigenvalue weighted by molar-refractivity contribution is -0.384. The number of carbonyl (C=O) groups excluding carboxylic acids is 1. The van der Waals surface area contributed by atoms with E-state index in [4.69, 9.17) is 17.0 Å². The summed E-state index contributed by atoms with van der Waals surface area (Å²) >= 11 is 6.66. The zero-order chi connectivity index (χ0) is 19.6. The van der Waals surface area contributed by atoms with Crippen molar-refractivity contribution in [1.29, 1.82) is 0 Å². The van der Waals surface area contributed by atoms with Gasteiger partial charge in [0.05, 0.1) is 23.7 Å². The Kier molecular flexibility index (Phi) is 5.66. The molecular formula is C17H16FN3O4S2. The molecule has 27 heavy (non-hydrogen) atoms. The highest BCUT2D eigenvalue weighted by molar-refractivity contribution is 7.80. The van der Waals surface area contributed by atoms with E-state index in [0.717, 1.165) is 48.3 Å². The van der Waals surface area contributed by atoms with Crippen LogP contribution in [0.5, 0.6) is 0 Å². The second-order valence-corrected chi connectivity index (χ2v) is 7.42. The van der Waals surface area contributed by atoms with Crippen molar-refractivity contribution < 1.29 is 18.8 Å². The largest absolute Gasteiger partial charge is 0.465 e. The van der Waals surface area contributed by atoms with Crippen LogP contribution in [0.3, 0.4) is 0 Å². The van der Waals surface area contributed by atoms with Crippen molar-refractivity contribution >= 4 is 51.0 Å². The number of hydrogen-bond donors (Lipinski definition) is 2. The fourth-order valence-corrected chi connectivity index (χ4v) is 4.55. The van der Waals surface area contributed by atoms with Crippen LogP contribution in [-0.2, 0) is 17.6 Å². The van der Waals surface area contributed by atoms with Crippen LogP contribution in [0.15, 0.2) is 18.2 Å². The SMILES string of the molecule is COC(=O)c1c(NC(=S)Nc2ccc(F)cc2[N+](=O)[O-])sc2c1CCCC2. The second kappa shape index (κ2) is 7.97. The van der Waals surface area contributed by atoms with Crippen LogP contribution in [0, 0.1) is 15.9 Å². The summed E-state index contributed by atoms with van der Waals surface area (Å²) < 4.78 is 18.2. The Labute approximate surface area is 163 Å². The first-order chi connectivity index (χ1) is 12.9. The molecule has 7 nitrogen and oxygen atoms in total. The van der Waals surface area contributed by atoms with Gasteiger partial charge in [0, 0.05) is 4.88 Å². The van der Waals surface area contributed by atoms with Crippen LogP contribution in [0.1, 0.15) is 33.6 Å². The van der Waals surface area contributed by atoms with Gasteiger partial charge in [-0.3, -0.25) is 10.1 Å². The van der Waals surface area contributed by atoms with Crippen LogP contribution in [0.2, 0.25) is 0 Å². The lowest BCUT2D eigenvalue weighted by Crippen LogP contribution is -2.21. The number of halogens is 1. The van der Waals surface area contributed by atoms with Gasteiger partial charge in [-0.2, -0.15) is 0 Å². The Hall–Kier alpha value is -2.59. The molecule has 2 N–H and O–H groups in total. The van der Waals surface area contributed by atoms with Gasteiger partial charge in [-0.1, -0.05) is 0 Å². The number of nitro benzene ring substituents is 1. The molecule has 1 aliphatic carbocycles. The first kappa shape index (κ1) is 19.2. The lowest BCUT2D eigenvalue weighted by atomic mass is 9.95. The van der Waals surface area contributed by atoms with E-state index < -0.39 is 22.4 Å². The number of anilines is 2. The highest BCUT2D eigenvalue weighted by Gasteiger charge is 2.26. The van der Waals surface area contributed by atoms with Gasteiger partial charge < -0.3 is 15.4 Å². The Bertz CT molecular complexity index is 929. The number of thiophene rings is 1. The third-order valence-electron chi connectivity index (χ3n) is 4.19. The molecule has 0 aliphatic heterocycles. The fraction of sp³-hybridized carbons (Fsp3) is 0.294. The van der Waals surface area contributed by atoms with Crippen LogP contribution < -0.4 is 10.6 Å². The summed E-state index contributed by atoms with van der Waals surface area (Å²) in [5.41, 5.74) is 1.05. The predicted molar refractivity (Wildman–Crippen MR) is 105 cm³/mol. The van der Waals surface area contributed by atoms with Crippen molar-refractivity contribution in [2.75, 3.05) is 17.7 Å². The number of carbonyl (C=O) groups is 1. The molecule has 0 radical (unpaired) electrons. The van der Waals surface area contributed by atoms with E-state index in [2.05, 4.69) is 10.6 Å². The molecule has 10 heteroatoms. The minimum Gasteiger partial charge on any atom is -0.465 e. The topological polar surface area (TPSA) is 93.5 Å². The van der Waals surface area contributed by atoms with Gasteiger partial charge in [0.1, 0.15) is 16.5 Å². The van der Waals surface area contributed by atoms with Crippen LogP contribution >= 0.6 is 23.6 Å². The van der Waals surface area contributed by atoms with Crippen LogP contribution in [-0.4, -0.2) is 23.1 Å². The molecule has 0 saturated heterocycles. The van der Waals surface area contributed by atoms with E-state index in [1.165, 1.54) is 24.5 Å². The minimum atomic E-state index is -0.718. The maximum absolute atomic E-state index is 13.3. The zero-order valence-electron chi connectivity index (χ0n) is 14.3. The molecule has 0 unspecified atom stereocenters. The maximum Gasteiger partial charge on any atom is 0.341 e. The molecule has 1 aliphatic rings. The van der Waals surface area contributed by atoms with Crippen molar-refractivity contribution in [1.82, 2.24) is 0 Å². The lowest BCUT2D eigenvalue weighted by Gasteiger charge is -2.12.